The average Bonchev–Trinajstić information content (AvgIpc) is 2.83. The zero-order chi connectivity index (χ0) is 15.3. The van der Waals surface area contributed by atoms with Crippen LogP contribution in [0.15, 0.2) is 28.7 Å². The van der Waals surface area contributed by atoms with Crippen molar-refractivity contribution in [1.82, 2.24) is 10.3 Å². The molecular weight excluding hydrogens is 285 g/mol. The summed E-state index contributed by atoms with van der Waals surface area (Å²) < 4.78 is 41.3. The molecule has 1 amide bonds. The molecule has 0 spiro atoms. The van der Waals surface area contributed by atoms with Crippen molar-refractivity contribution >= 4 is 17.0 Å². The van der Waals surface area contributed by atoms with Gasteiger partial charge < -0.3 is 9.73 Å². The molecule has 1 N–H and O–H groups in total. The topological polar surface area (TPSA) is 55.1 Å². The molecule has 1 aromatic carbocycles. The van der Waals surface area contributed by atoms with Gasteiger partial charge in [0, 0.05) is 19.4 Å². The summed E-state index contributed by atoms with van der Waals surface area (Å²) in [6, 6.07) is 7.35. The van der Waals surface area contributed by atoms with E-state index in [9.17, 15) is 18.0 Å². The van der Waals surface area contributed by atoms with Crippen LogP contribution in [0.5, 0.6) is 0 Å². The van der Waals surface area contributed by atoms with Crippen LogP contribution in [0.1, 0.15) is 25.2 Å². The molecule has 0 bridgehead atoms. The Morgan fingerprint density at radius 2 is 2.05 bits per heavy atom. The molecule has 114 valence electrons. The first-order valence-corrected chi connectivity index (χ1v) is 6.62. The molecule has 2 rings (SSSR count). The minimum atomic E-state index is -4.30. The number of amides is 1. The number of carbonyl (C=O) groups excluding carboxylic acids is 1. The maximum absolute atomic E-state index is 11.9. The number of fused-ring (bicyclic) bond motifs is 1. The molecular formula is C14H15F3N2O2. The van der Waals surface area contributed by atoms with E-state index in [1.54, 1.807) is 0 Å². The molecule has 21 heavy (non-hydrogen) atoms. The van der Waals surface area contributed by atoms with E-state index in [2.05, 4.69) is 10.3 Å². The van der Waals surface area contributed by atoms with Crippen molar-refractivity contribution < 1.29 is 22.4 Å². The summed E-state index contributed by atoms with van der Waals surface area (Å²) >= 11 is 0. The average molecular weight is 300 g/mol. The number of oxazole rings is 1. The van der Waals surface area contributed by atoms with Crippen molar-refractivity contribution in [2.24, 2.45) is 0 Å². The highest BCUT2D eigenvalue weighted by Crippen LogP contribution is 2.21. The molecule has 0 atom stereocenters. The Hall–Kier alpha value is -2.05. The summed E-state index contributed by atoms with van der Waals surface area (Å²) in [5.74, 6) is -0.0365. The largest absolute Gasteiger partial charge is 0.441 e. The Morgan fingerprint density at radius 1 is 1.29 bits per heavy atom. The van der Waals surface area contributed by atoms with E-state index >= 15 is 0 Å². The maximum Gasteiger partial charge on any atom is 0.389 e. The zero-order valence-electron chi connectivity index (χ0n) is 11.2. The predicted molar refractivity (Wildman–Crippen MR) is 70.6 cm³/mol. The van der Waals surface area contributed by atoms with Crippen LogP contribution in [-0.4, -0.2) is 23.6 Å². The van der Waals surface area contributed by atoms with Crippen LogP contribution in [-0.2, 0) is 11.2 Å². The van der Waals surface area contributed by atoms with Gasteiger partial charge in [-0.3, -0.25) is 4.79 Å². The number of rotatable bonds is 6. The standard InChI is InChI=1S/C14H15F3N2O2/c15-14(16,17)8-7-12(20)18-9-3-6-13-19-10-4-1-2-5-11(10)21-13/h1-2,4-5H,3,6-9H2,(H,18,20). The summed E-state index contributed by atoms with van der Waals surface area (Å²) in [6.07, 6.45) is -4.84. The van der Waals surface area contributed by atoms with Crippen molar-refractivity contribution in [3.8, 4) is 0 Å². The molecule has 1 aromatic heterocycles. The molecule has 0 fully saturated rings. The van der Waals surface area contributed by atoms with E-state index in [4.69, 9.17) is 4.42 Å². The van der Waals surface area contributed by atoms with Gasteiger partial charge >= 0.3 is 6.18 Å². The first-order valence-electron chi connectivity index (χ1n) is 6.62. The third-order valence-electron chi connectivity index (χ3n) is 2.86. The van der Waals surface area contributed by atoms with Crippen LogP contribution in [0.3, 0.4) is 0 Å². The number of alkyl halides is 3. The van der Waals surface area contributed by atoms with Gasteiger partial charge in [0.2, 0.25) is 5.91 Å². The molecule has 0 aliphatic carbocycles. The predicted octanol–water partition coefficient (Wildman–Crippen LogP) is 3.22. The fourth-order valence-electron chi connectivity index (χ4n) is 1.84. The summed E-state index contributed by atoms with van der Waals surface area (Å²) in [6.45, 7) is 0.301. The molecule has 0 aliphatic heterocycles. The second-order valence-corrected chi connectivity index (χ2v) is 4.64. The zero-order valence-corrected chi connectivity index (χ0v) is 11.2. The molecule has 2 aromatic rings. The van der Waals surface area contributed by atoms with Crippen molar-refractivity contribution in [3.63, 3.8) is 0 Å². The minimum Gasteiger partial charge on any atom is -0.441 e. The highest BCUT2D eigenvalue weighted by Gasteiger charge is 2.27. The van der Waals surface area contributed by atoms with Crippen molar-refractivity contribution in [1.29, 1.82) is 0 Å². The van der Waals surface area contributed by atoms with Crippen LogP contribution < -0.4 is 5.32 Å². The van der Waals surface area contributed by atoms with E-state index in [0.29, 0.717) is 30.9 Å². The molecule has 0 saturated heterocycles. The normalized spacial score (nSPS) is 11.8. The lowest BCUT2D eigenvalue weighted by Gasteiger charge is -2.06. The smallest absolute Gasteiger partial charge is 0.389 e. The second kappa shape index (κ2) is 6.60. The molecule has 4 nitrogen and oxygen atoms in total. The Bertz CT molecular complexity index is 575. The van der Waals surface area contributed by atoms with E-state index in [1.165, 1.54) is 0 Å². The fraction of sp³-hybridized carbons (Fsp3) is 0.429. The lowest BCUT2D eigenvalue weighted by atomic mass is 10.2. The van der Waals surface area contributed by atoms with Gasteiger partial charge in [-0.25, -0.2) is 4.98 Å². The Kier molecular flexibility index (Phi) is 4.82. The Balaban J connectivity index is 1.68. The Morgan fingerprint density at radius 3 is 2.76 bits per heavy atom. The number of carbonyl (C=O) groups is 1. The fourth-order valence-corrected chi connectivity index (χ4v) is 1.84. The second-order valence-electron chi connectivity index (χ2n) is 4.64. The number of para-hydroxylation sites is 2. The van der Waals surface area contributed by atoms with E-state index in [-0.39, 0.29) is 0 Å². The third-order valence-corrected chi connectivity index (χ3v) is 2.86. The third kappa shape index (κ3) is 5.09. The van der Waals surface area contributed by atoms with Crippen LogP contribution in [0.25, 0.3) is 11.1 Å². The van der Waals surface area contributed by atoms with Gasteiger partial charge in [0.1, 0.15) is 5.52 Å². The van der Waals surface area contributed by atoms with Gasteiger partial charge in [0.15, 0.2) is 11.5 Å². The summed E-state index contributed by atoms with van der Waals surface area (Å²) in [5.41, 5.74) is 1.46. The first-order chi connectivity index (χ1) is 9.94. The summed E-state index contributed by atoms with van der Waals surface area (Å²) in [5, 5.41) is 2.45. The molecule has 1 heterocycles. The van der Waals surface area contributed by atoms with Gasteiger partial charge in [-0.15, -0.1) is 0 Å². The van der Waals surface area contributed by atoms with Gasteiger partial charge in [0.25, 0.3) is 0 Å². The number of benzene rings is 1. The summed E-state index contributed by atoms with van der Waals surface area (Å²) in [7, 11) is 0. The van der Waals surface area contributed by atoms with Crippen molar-refractivity contribution in [2.75, 3.05) is 6.54 Å². The van der Waals surface area contributed by atoms with Crippen LogP contribution >= 0.6 is 0 Å². The number of halogens is 3. The van der Waals surface area contributed by atoms with Crippen LogP contribution in [0.4, 0.5) is 13.2 Å². The highest BCUT2D eigenvalue weighted by molar-refractivity contribution is 5.75. The van der Waals surface area contributed by atoms with Gasteiger partial charge in [-0.05, 0) is 18.6 Å². The van der Waals surface area contributed by atoms with Crippen molar-refractivity contribution in [2.45, 2.75) is 31.9 Å². The monoisotopic (exact) mass is 300 g/mol. The van der Waals surface area contributed by atoms with Crippen molar-refractivity contribution in [3.05, 3.63) is 30.2 Å². The quantitative estimate of drug-likeness (QED) is 0.833. The number of nitrogens with one attached hydrogen (secondary N) is 1. The minimum absolute atomic E-state index is 0.301. The number of aryl methyl sites for hydroxylation is 1. The summed E-state index contributed by atoms with van der Waals surface area (Å²) in [4.78, 5) is 15.5. The Labute approximate surface area is 119 Å². The number of hydrogen-bond donors (Lipinski definition) is 1. The molecule has 0 saturated carbocycles. The maximum atomic E-state index is 11.9. The van der Waals surface area contributed by atoms with E-state index in [1.807, 2.05) is 24.3 Å². The van der Waals surface area contributed by atoms with E-state index < -0.39 is 24.9 Å². The molecule has 0 aliphatic rings. The van der Waals surface area contributed by atoms with Gasteiger partial charge in [0.05, 0.1) is 6.42 Å². The highest BCUT2D eigenvalue weighted by atomic mass is 19.4. The first kappa shape index (κ1) is 15.3. The van der Waals surface area contributed by atoms with Crippen LogP contribution in [0, 0.1) is 0 Å². The number of nitrogens with zero attached hydrogens (tertiary/aromatic N) is 1. The lowest BCUT2D eigenvalue weighted by molar-refractivity contribution is -0.144. The lowest BCUT2D eigenvalue weighted by Crippen LogP contribution is -2.26. The SMILES string of the molecule is O=C(CCC(F)(F)F)NCCCc1nc2ccccc2o1. The number of hydrogen-bond acceptors (Lipinski definition) is 3. The number of aromatic nitrogens is 1. The van der Waals surface area contributed by atoms with Gasteiger partial charge in [-0.2, -0.15) is 13.2 Å². The van der Waals surface area contributed by atoms with Crippen LogP contribution in [0.2, 0.25) is 0 Å². The molecule has 0 radical (unpaired) electrons. The molecule has 0 unspecified atom stereocenters. The van der Waals surface area contributed by atoms with E-state index in [0.717, 1.165) is 5.52 Å². The van der Waals surface area contributed by atoms with Gasteiger partial charge in [-0.1, -0.05) is 12.1 Å². The molecule has 7 heteroatoms.